The van der Waals surface area contributed by atoms with Gasteiger partial charge in [0.15, 0.2) is 0 Å². The molecule has 1 aromatic heterocycles. The summed E-state index contributed by atoms with van der Waals surface area (Å²) < 4.78 is 1.95. The van der Waals surface area contributed by atoms with Crippen LogP contribution in [0.25, 0.3) is 0 Å². The number of rotatable bonds is 3. The standard InChI is InChI=1S/C19H22N4O2/c1-12-11-20-23(13-6-2-3-7-13)18(12)22-19(25)15-10-17(24)21-16-9-5-4-8-14(15)16/h4-5,8-9,11,13,15H,2-3,6-7,10H2,1H3,(H,21,24)(H,22,25). The fourth-order valence-electron chi connectivity index (χ4n) is 3.88. The molecule has 130 valence electrons. The highest BCUT2D eigenvalue weighted by atomic mass is 16.2. The van der Waals surface area contributed by atoms with E-state index in [1.807, 2.05) is 35.9 Å². The first kappa shape index (κ1) is 15.9. The zero-order valence-corrected chi connectivity index (χ0v) is 14.3. The molecule has 1 saturated carbocycles. The van der Waals surface area contributed by atoms with Gasteiger partial charge in [-0.25, -0.2) is 4.68 Å². The van der Waals surface area contributed by atoms with Crippen molar-refractivity contribution in [1.82, 2.24) is 9.78 Å². The summed E-state index contributed by atoms with van der Waals surface area (Å²) in [6, 6.07) is 7.84. The van der Waals surface area contributed by atoms with Crippen molar-refractivity contribution in [2.75, 3.05) is 10.6 Å². The van der Waals surface area contributed by atoms with E-state index < -0.39 is 5.92 Å². The molecule has 0 bridgehead atoms. The molecule has 6 nitrogen and oxygen atoms in total. The number of anilines is 2. The summed E-state index contributed by atoms with van der Waals surface area (Å²) in [6.07, 6.45) is 6.56. The topological polar surface area (TPSA) is 76.0 Å². The fraction of sp³-hybridized carbons (Fsp3) is 0.421. The van der Waals surface area contributed by atoms with Crippen LogP contribution in [0.4, 0.5) is 11.5 Å². The van der Waals surface area contributed by atoms with Crippen molar-refractivity contribution in [3.8, 4) is 0 Å². The van der Waals surface area contributed by atoms with Crippen LogP contribution in [0.2, 0.25) is 0 Å². The lowest BCUT2D eigenvalue weighted by Gasteiger charge is -2.25. The fourth-order valence-corrected chi connectivity index (χ4v) is 3.88. The second kappa shape index (κ2) is 6.35. The van der Waals surface area contributed by atoms with Gasteiger partial charge in [0, 0.05) is 17.7 Å². The maximum absolute atomic E-state index is 13.0. The number of nitrogens with one attached hydrogen (secondary N) is 2. The molecule has 1 atom stereocenters. The van der Waals surface area contributed by atoms with Gasteiger partial charge in [-0.1, -0.05) is 31.0 Å². The molecule has 1 aromatic carbocycles. The molecule has 2 aromatic rings. The third kappa shape index (κ3) is 2.92. The molecular formula is C19H22N4O2. The van der Waals surface area contributed by atoms with Crippen LogP contribution < -0.4 is 10.6 Å². The molecule has 0 radical (unpaired) electrons. The SMILES string of the molecule is Cc1cnn(C2CCCC2)c1NC(=O)C1CC(=O)Nc2ccccc21. The summed E-state index contributed by atoms with van der Waals surface area (Å²) in [5.41, 5.74) is 2.54. The molecule has 2 N–H and O–H groups in total. The highest BCUT2D eigenvalue weighted by Crippen LogP contribution is 2.35. The first-order chi connectivity index (χ1) is 12.1. The lowest BCUT2D eigenvalue weighted by molar-refractivity contribution is -0.123. The number of para-hydroxylation sites is 1. The monoisotopic (exact) mass is 338 g/mol. The van der Waals surface area contributed by atoms with Crippen LogP contribution in [0.1, 0.15) is 55.2 Å². The van der Waals surface area contributed by atoms with E-state index in [1.54, 1.807) is 6.20 Å². The predicted molar refractivity (Wildman–Crippen MR) is 95.5 cm³/mol. The number of carbonyl (C=O) groups excluding carboxylic acids is 2. The van der Waals surface area contributed by atoms with Crippen molar-refractivity contribution in [3.63, 3.8) is 0 Å². The number of nitrogens with zero attached hydrogens (tertiary/aromatic N) is 2. The van der Waals surface area contributed by atoms with E-state index in [0.717, 1.165) is 35.5 Å². The average Bonchev–Trinajstić information content (AvgIpc) is 3.24. The van der Waals surface area contributed by atoms with Gasteiger partial charge in [0.25, 0.3) is 0 Å². The van der Waals surface area contributed by atoms with E-state index in [2.05, 4.69) is 15.7 Å². The van der Waals surface area contributed by atoms with E-state index in [9.17, 15) is 9.59 Å². The number of aromatic nitrogens is 2. The van der Waals surface area contributed by atoms with Crippen molar-refractivity contribution in [3.05, 3.63) is 41.6 Å². The molecule has 4 rings (SSSR count). The van der Waals surface area contributed by atoms with Crippen LogP contribution in [-0.4, -0.2) is 21.6 Å². The second-order valence-electron chi connectivity index (χ2n) is 6.94. The Kier molecular flexibility index (Phi) is 4.03. The number of carbonyl (C=O) groups is 2. The number of hydrogen-bond donors (Lipinski definition) is 2. The highest BCUT2D eigenvalue weighted by molar-refractivity contribution is 6.05. The molecule has 2 aliphatic rings. The third-order valence-corrected chi connectivity index (χ3v) is 5.21. The Bertz CT molecular complexity index is 821. The van der Waals surface area contributed by atoms with Crippen LogP contribution in [0.5, 0.6) is 0 Å². The van der Waals surface area contributed by atoms with Crippen LogP contribution >= 0.6 is 0 Å². The van der Waals surface area contributed by atoms with Gasteiger partial charge < -0.3 is 10.6 Å². The van der Waals surface area contributed by atoms with Gasteiger partial charge in [0.2, 0.25) is 11.8 Å². The zero-order valence-electron chi connectivity index (χ0n) is 14.3. The van der Waals surface area contributed by atoms with E-state index in [1.165, 1.54) is 12.8 Å². The van der Waals surface area contributed by atoms with Crippen molar-refractivity contribution >= 4 is 23.3 Å². The normalized spacial score (nSPS) is 20.2. The first-order valence-electron chi connectivity index (χ1n) is 8.87. The summed E-state index contributed by atoms with van der Waals surface area (Å²) >= 11 is 0. The number of benzene rings is 1. The summed E-state index contributed by atoms with van der Waals surface area (Å²) in [5.74, 6) is 0.0154. The molecule has 25 heavy (non-hydrogen) atoms. The molecule has 1 fully saturated rings. The van der Waals surface area contributed by atoms with Gasteiger partial charge in [-0.05, 0) is 31.4 Å². The number of aryl methyl sites for hydroxylation is 1. The number of fused-ring (bicyclic) bond motifs is 1. The smallest absolute Gasteiger partial charge is 0.233 e. The van der Waals surface area contributed by atoms with Crippen molar-refractivity contribution in [1.29, 1.82) is 0 Å². The van der Waals surface area contributed by atoms with Crippen molar-refractivity contribution in [2.45, 2.75) is 51.0 Å². The third-order valence-electron chi connectivity index (χ3n) is 5.21. The minimum atomic E-state index is -0.476. The average molecular weight is 338 g/mol. The Morgan fingerprint density at radius 3 is 2.84 bits per heavy atom. The van der Waals surface area contributed by atoms with E-state index in [0.29, 0.717) is 6.04 Å². The molecular weight excluding hydrogens is 316 g/mol. The van der Waals surface area contributed by atoms with Gasteiger partial charge in [0.1, 0.15) is 5.82 Å². The lowest BCUT2D eigenvalue weighted by Crippen LogP contribution is -2.31. The second-order valence-corrected chi connectivity index (χ2v) is 6.94. The van der Waals surface area contributed by atoms with E-state index >= 15 is 0 Å². The highest BCUT2D eigenvalue weighted by Gasteiger charge is 2.32. The summed E-state index contributed by atoms with van der Waals surface area (Å²) in [4.78, 5) is 24.9. The van der Waals surface area contributed by atoms with Crippen molar-refractivity contribution in [2.24, 2.45) is 0 Å². The van der Waals surface area contributed by atoms with E-state index in [-0.39, 0.29) is 18.2 Å². The summed E-state index contributed by atoms with van der Waals surface area (Å²) in [5, 5.41) is 10.4. The van der Waals surface area contributed by atoms with Crippen LogP contribution in [0, 0.1) is 6.92 Å². The minimum Gasteiger partial charge on any atom is -0.326 e. The summed E-state index contributed by atoms with van der Waals surface area (Å²) in [6.45, 7) is 1.95. The molecule has 1 unspecified atom stereocenters. The number of hydrogen-bond acceptors (Lipinski definition) is 3. The van der Waals surface area contributed by atoms with Gasteiger partial charge in [-0.3, -0.25) is 9.59 Å². The largest absolute Gasteiger partial charge is 0.326 e. The molecule has 0 spiro atoms. The predicted octanol–water partition coefficient (Wildman–Crippen LogP) is 3.37. The quantitative estimate of drug-likeness (QED) is 0.901. The lowest BCUT2D eigenvalue weighted by atomic mass is 9.90. The number of amides is 2. The molecule has 1 aliphatic heterocycles. The molecule has 1 aliphatic carbocycles. The zero-order chi connectivity index (χ0) is 17.4. The Morgan fingerprint density at radius 2 is 2.04 bits per heavy atom. The Hall–Kier alpha value is -2.63. The summed E-state index contributed by atoms with van der Waals surface area (Å²) in [7, 11) is 0. The van der Waals surface area contributed by atoms with Crippen LogP contribution in [0.15, 0.2) is 30.5 Å². The molecule has 6 heteroatoms. The van der Waals surface area contributed by atoms with Gasteiger partial charge in [-0.15, -0.1) is 0 Å². The first-order valence-corrected chi connectivity index (χ1v) is 8.87. The van der Waals surface area contributed by atoms with Gasteiger partial charge in [0.05, 0.1) is 18.2 Å². The maximum atomic E-state index is 13.0. The molecule has 2 heterocycles. The van der Waals surface area contributed by atoms with Crippen LogP contribution in [-0.2, 0) is 9.59 Å². The minimum absolute atomic E-state index is 0.125. The Balaban J connectivity index is 1.61. The van der Waals surface area contributed by atoms with E-state index in [4.69, 9.17) is 0 Å². The Labute approximate surface area is 146 Å². The van der Waals surface area contributed by atoms with Crippen molar-refractivity contribution < 1.29 is 9.59 Å². The molecule has 2 amide bonds. The van der Waals surface area contributed by atoms with Crippen LogP contribution in [0.3, 0.4) is 0 Å². The van der Waals surface area contributed by atoms with Gasteiger partial charge in [-0.2, -0.15) is 5.10 Å². The molecule has 0 saturated heterocycles. The Morgan fingerprint density at radius 1 is 1.28 bits per heavy atom. The maximum Gasteiger partial charge on any atom is 0.233 e. The van der Waals surface area contributed by atoms with Gasteiger partial charge >= 0.3 is 0 Å².